The lowest BCUT2D eigenvalue weighted by atomic mass is 10.1. The molecule has 2 heterocycles. The van der Waals surface area contributed by atoms with E-state index in [9.17, 15) is 9.59 Å². The van der Waals surface area contributed by atoms with E-state index in [1.807, 2.05) is 34.9 Å². The van der Waals surface area contributed by atoms with Crippen molar-refractivity contribution >= 4 is 34.9 Å². The Morgan fingerprint density at radius 2 is 1.77 bits per heavy atom. The fourth-order valence-corrected chi connectivity index (χ4v) is 3.06. The fourth-order valence-electron chi connectivity index (χ4n) is 3.06. The van der Waals surface area contributed by atoms with Crippen molar-refractivity contribution in [2.24, 2.45) is 0 Å². The number of hydrogen-bond acceptors (Lipinski definition) is 4. The van der Waals surface area contributed by atoms with Gasteiger partial charge in [-0.2, -0.15) is 0 Å². The van der Waals surface area contributed by atoms with E-state index >= 15 is 0 Å². The Morgan fingerprint density at radius 3 is 2.58 bits per heavy atom. The van der Waals surface area contributed by atoms with Crippen LogP contribution in [0, 0.1) is 0 Å². The summed E-state index contributed by atoms with van der Waals surface area (Å²) in [5, 5.41) is 5.62. The van der Waals surface area contributed by atoms with Gasteiger partial charge in [0.15, 0.2) is 0 Å². The molecule has 0 aliphatic rings. The molecule has 2 amide bonds. The van der Waals surface area contributed by atoms with Gasteiger partial charge in [-0.25, -0.2) is 4.98 Å². The highest BCUT2D eigenvalue weighted by Crippen LogP contribution is 2.18. The number of carbonyl (C=O) groups is 2. The molecule has 0 saturated carbocycles. The molecule has 31 heavy (non-hydrogen) atoms. The maximum Gasteiger partial charge on any atom is 0.255 e. The van der Waals surface area contributed by atoms with Crippen LogP contribution in [0.15, 0.2) is 85.2 Å². The lowest BCUT2D eigenvalue weighted by Crippen LogP contribution is -2.20. The smallest absolute Gasteiger partial charge is 0.255 e. The molecule has 0 bridgehead atoms. The summed E-state index contributed by atoms with van der Waals surface area (Å²) in [6.07, 6.45) is 6.80. The molecule has 0 unspecified atom stereocenters. The second-order valence-electron chi connectivity index (χ2n) is 6.90. The van der Waals surface area contributed by atoms with E-state index in [1.54, 1.807) is 54.7 Å². The van der Waals surface area contributed by atoms with Gasteiger partial charge in [0.1, 0.15) is 5.65 Å². The van der Waals surface area contributed by atoms with Gasteiger partial charge in [0.05, 0.1) is 23.3 Å². The van der Waals surface area contributed by atoms with Crippen LogP contribution in [0.3, 0.4) is 0 Å². The molecule has 7 nitrogen and oxygen atoms in total. The van der Waals surface area contributed by atoms with E-state index in [1.165, 1.54) is 6.08 Å². The first kappa shape index (κ1) is 19.9. The van der Waals surface area contributed by atoms with Crippen LogP contribution in [-0.2, 0) is 11.3 Å². The normalized spacial score (nSPS) is 11.0. The number of nitrogens with one attached hydrogen (secondary N) is 2. The first-order valence-corrected chi connectivity index (χ1v) is 9.73. The second-order valence-corrected chi connectivity index (χ2v) is 6.90. The summed E-state index contributed by atoms with van der Waals surface area (Å²) in [7, 11) is 0. The number of nitrogen functional groups attached to an aromatic ring is 1. The Labute approximate surface area is 179 Å². The molecule has 0 fully saturated rings. The maximum atomic E-state index is 12.4. The summed E-state index contributed by atoms with van der Waals surface area (Å²) in [5.41, 5.74) is 9.96. The van der Waals surface area contributed by atoms with Gasteiger partial charge in [-0.3, -0.25) is 9.59 Å². The van der Waals surface area contributed by atoms with E-state index in [2.05, 4.69) is 15.6 Å². The molecule has 0 spiro atoms. The molecular weight excluding hydrogens is 390 g/mol. The number of para-hydroxylation sites is 2. The number of amides is 2. The first-order chi connectivity index (χ1) is 15.1. The number of imidazole rings is 1. The zero-order valence-electron chi connectivity index (χ0n) is 16.7. The average molecular weight is 411 g/mol. The number of carbonyl (C=O) groups excluding carboxylic acids is 2. The lowest BCUT2D eigenvalue weighted by molar-refractivity contribution is -0.116. The number of anilines is 2. The molecule has 0 atom stereocenters. The molecule has 0 saturated heterocycles. The zero-order valence-corrected chi connectivity index (χ0v) is 16.7. The number of fused-ring (bicyclic) bond motifs is 1. The number of aromatic nitrogens is 2. The first-order valence-electron chi connectivity index (χ1n) is 9.73. The molecule has 2 aromatic heterocycles. The summed E-state index contributed by atoms with van der Waals surface area (Å²) >= 11 is 0. The van der Waals surface area contributed by atoms with Crippen molar-refractivity contribution in [1.82, 2.24) is 14.7 Å². The van der Waals surface area contributed by atoms with Gasteiger partial charge in [0.2, 0.25) is 5.91 Å². The quantitative estimate of drug-likeness (QED) is 0.334. The van der Waals surface area contributed by atoms with Crippen LogP contribution in [0.5, 0.6) is 0 Å². The van der Waals surface area contributed by atoms with Crippen molar-refractivity contribution in [3.05, 3.63) is 102 Å². The Bertz CT molecular complexity index is 1260. The van der Waals surface area contributed by atoms with Crippen LogP contribution in [0.4, 0.5) is 11.4 Å². The minimum atomic E-state index is -0.246. The number of nitrogens with two attached hydrogens (primary N) is 1. The van der Waals surface area contributed by atoms with E-state index in [4.69, 9.17) is 5.73 Å². The number of nitrogens with zero attached hydrogens (tertiary/aromatic N) is 2. The third kappa shape index (κ3) is 4.79. The highest BCUT2D eigenvalue weighted by atomic mass is 16.2. The third-order valence-electron chi connectivity index (χ3n) is 4.74. The van der Waals surface area contributed by atoms with Crippen molar-refractivity contribution < 1.29 is 9.59 Å². The summed E-state index contributed by atoms with van der Waals surface area (Å²) < 4.78 is 1.90. The molecule has 2 aromatic carbocycles. The molecule has 4 aromatic rings. The third-order valence-corrected chi connectivity index (χ3v) is 4.74. The van der Waals surface area contributed by atoms with Gasteiger partial charge in [0.25, 0.3) is 5.91 Å². The van der Waals surface area contributed by atoms with E-state index in [0.29, 0.717) is 23.5 Å². The molecule has 0 aliphatic heterocycles. The van der Waals surface area contributed by atoms with Crippen molar-refractivity contribution in [2.75, 3.05) is 11.1 Å². The van der Waals surface area contributed by atoms with Crippen LogP contribution in [0.1, 0.15) is 21.6 Å². The maximum absolute atomic E-state index is 12.4. The summed E-state index contributed by atoms with van der Waals surface area (Å²) in [6, 6.07) is 19.8. The molecule has 0 aliphatic carbocycles. The monoisotopic (exact) mass is 411 g/mol. The van der Waals surface area contributed by atoms with Gasteiger partial charge in [-0.05, 0) is 48.0 Å². The van der Waals surface area contributed by atoms with Crippen LogP contribution in [-0.4, -0.2) is 21.2 Å². The molecule has 4 N–H and O–H groups in total. The second kappa shape index (κ2) is 8.96. The summed E-state index contributed by atoms with van der Waals surface area (Å²) in [5.74, 6) is -0.461. The van der Waals surface area contributed by atoms with Gasteiger partial charge in [-0.1, -0.05) is 30.3 Å². The molecule has 154 valence electrons. The van der Waals surface area contributed by atoms with Crippen LogP contribution >= 0.6 is 0 Å². The number of pyridine rings is 1. The Morgan fingerprint density at radius 1 is 1.00 bits per heavy atom. The topological polar surface area (TPSA) is 102 Å². The number of rotatable bonds is 6. The lowest BCUT2D eigenvalue weighted by Gasteiger charge is -2.08. The predicted molar refractivity (Wildman–Crippen MR) is 121 cm³/mol. The molecular formula is C24H21N5O2. The summed E-state index contributed by atoms with van der Waals surface area (Å²) in [6.45, 7) is 0.351. The van der Waals surface area contributed by atoms with Gasteiger partial charge < -0.3 is 20.8 Å². The van der Waals surface area contributed by atoms with Crippen molar-refractivity contribution in [2.45, 2.75) is 6.54 Å². The number of benzene rings is 2. The van der Waals surface area contributed by atoms with E-state index in [-0.39, 0.29) is 11.8 Å². The van der Waals surface area contributed by atoms with Crippen LogP contribution in [0.25, 0.3) is 11.7 Å². The van der Waals surface area contributed by atoms with Crippen molar-refractivity contribution in [3.8, 4) is 0 Å². The van der Waals surface area contributed by atoms with Crippen molar-refractivity contribution in [1.29, 1.82) is 0 Å². The molecule has 7 heteroatoms. The largest absolute Gasteiger partial charge is 0.397 e. The highest BCUT2D eigenvalue weighted by Gasteiger charge is 2.08. The Kier molecular flexibility index (Phi) is 5.75. The van der Waals surface area contributed by atoms with E-state index in [0.717, 1.165) is 16.9 Å². The van der Waals surface area contributed by atoms with Gasteiger partial charge in [-0.15, -0.1) is 0 Å². The molecule has 0 radical (unpaired) electrons. The minimum absolute atomic E-state index is 0.216. The average Bonchev–Trinajstić information content (AvgIpc) is 3.21. The van der Waals surface area contributed by atoms with Crippen LogP contribution in [0.2, 0.25) is 0 Å². The number of hydrogen-bond donors (Lipinski definition) is 3. The van der Waals surface area contributed by atoms with Gasteiger partial charge in [0, 0.05) is 24.4 Å². The Balaban J connectivity index is 1.32. The van der Waals surface area contributed by atoms with E-state index < -0.39 is 0 Å². The summed E-state index contributed by atoms with van der Waals surface area (Å²) in [4.78, 5) is 28.8. The Hall–Kier alpha value is -4.39. The predicted octanol–water partition coefficient (Wildman–Crippen LogP) is 3.50. The molecule has 4 rings (SSSR count). The SMILES string of the molecule is Nc1ccccc1NC(=O)c1ccc(CNC(=O)/C=C/c2cnc3ccccn23)cc1. The van der Waals surface area contributed by atoms with Crippen LogP contribution < -0.4 is 16.4 Å². The standard InChI is InChI=1S/C24H21N5O2/c25-20-5-1-2-6-21(20)28-24(31)18-10-8-17(9-11-18)15-27-23(30)13-12-19-16-26-22-7-3-4-14-29(19)22/h1-14,16H,15,25H2,(H,27,30)(H,28,31)/b13-12+. The van der Waals surface area contributed by atoms with Crippen molar-refractivity contribution in [3.63, 3.8) is 0 Å². The zero-order chi connectivity index (χ0) is 21.6. The van der Waals surface area contributed by atoms with Gasteiger partial charge >= 0.3 is 0 Å². The fraction of sp³-hybridized carbons (Fsp3) is 0.0417. The minimum Gasteiger partial charge on any atom is -0.397 e. The highest BCUT2D eigenvalue weighted by molar-refractivity contribution is 6.05.